The van der Waals surface area contributed by atoms with Gasteiger partial charge in [0.1, 0.15) is 23.5 Å². The highest BCUT2D eigenvalue weighted by Crippen LogP contribution is 2.28. The summed E-state index contributed by atoms with van der Waals surface area (Å²) in [5.41, 5.74) is 1.32. The summed E-state index contributed by atoms with van der Waals surface area (Å²) in [6.07, 6.45) is 8.07. The van der Waals surface area contributed by atoms with Crippen molar-refractivity contribution in [1.29, 1.82) is 0 Å². The van der Waals surface area contributed by atoms with Gasteiger partial charge in [-0.25, -0.2) is 9.78 Å². The third kappa shape index (κ3) is 10.2. The number of hydrogen-bond donors (Lipinski definition) is 2. The van der Waals surface area contributed by atoms with Crippen molar-refractivity contribution in [3.63, 3.8) is 0 Å². The van der Waals surface area contributed by atoms with Gasteiger partial charge in [0.05, 0.1) is 18.7 Å². The minimum absolute atomic E-state index is 0.00202. The summed E-state index contributed by atoms with van der Waals surface area (Å²) in [6.45, 7) is 5.31. The van der Waals surface area contributed by atoms with Crippen molar-refractivity contribution in [3.05, 3.63) is 35.5 Å². The van der Waals surface area contributed by atoms with E-state index in [1.807, 2.05) is 19.1 Å². The Morgan fingerprint density at radius 1 is 0.873 bits per heavy atom. The summed E-state index contributed by atoms with van der Waals surface area (Å²) < 4.78 is 16.7. The summed E-state index contributed by atoms with van der Waals surface area (Å²) in [5, 5.41) is 6.46. The molecule has 0 spiro atoms. The maximum absolute atomic E-state index is 14.0. The topological polar surface area (TPSA) is 177 Å². The second-order valence-electron chi connectivity index (χ2n) is 15.1. The number of benzene rings is 1. The number of pyridine rings is 1. The van der Waals surface area contributed by atoms with Gasteiger partial charge in [-0.15, -0.1) is 0 Å². The molecular weight excluding hydrogens is 708 g/mol. The number of hydrogen-bond acceptors (Lipinski definition) is 10. The number of carbonyl (C=O) groups excluding carboxylic acids is 6. The van der Waals surface area contributed by atoms with E-state index in [0.717, 1.165) is 56.9 Å². The third-order valence-electron chi connectivity index (χ3n) is 11.2. The van der Waals surface area contributed by atoms with Crippen LogP contribution in [0.1, 0.15) is 93.6 Å². The highest BCUT2D eigenvalue weighted by Gasteiger charge is 2.36. The Morgan fingerprint density at radius 3 is 2.33 bits per heavy atom. The fourth-order valence-electron chi connectivity index (χ4n) is 7.71. The number of carbonyl (C=O) groups is 6. The van der Waals surface area contributed by atoms with Gasteiger partial charge in [0.2, 0.25) is 11.8 Å². The van der Waals surface area contributed by atoms with Crippen LogP contribution >= 0.6 is 0 Å². The second kappa shape index (κ2) is 18.6. The molecule has 6 rings (SSSR count). The molecule has 4 aliphatic rings. The maximum Gasteiger partial charge on any atom is 0.409 e. The van der Waals surface area contributed by atoms with E-state index in [1.165, 1.54) is 11.0 Å². The molecule has 2 aliphatic heterocycles. The molecule has 2 aromatic rings. The van der Waals surface area contributed by atoms with Crippen molar-refractivity contribution in [2.75, 3.05) is 52.5 Å². The first-order valence-corrected chi connectivity index (χ1v) is 19.9. The molecule has 2 N–H and O–H groups in total. The molecule has 0 unspecified atom stereocenters. The SMILES string of the molecule is CCOC(=O)N1CCN(C(=O)[C@H](CCC(=O)OCC2CCCC2)NC(=O)c2cc(OCC(=O)N3CCC[C@H]3C(=O)NC3CCC3)c3ccc(C)cc3n2)CC1. The Kier molecular flexibility index (Phi) is 13.4. The molecule has 4 fully saturated rings. The third-order valence-corrected chi connectivity index (χ3v) is 11.2. The number of amides is 5. The zero-order valence-electron chi connectivity index (χ0n) is 32.0. The van der Waals surface area contributed by atoms with Crippen LogP contribution in [0.4, 0.5) is 4.79 Å². The van der Waals surface area contributed by atoms with Crippen LogP contribution in [-0.4, -0.2) is 126 Å². The largest absolute Gasteiger partial charge is 0.483 e. The number of likely N-dealkylation sites (tertiary alicyclic amines) is 1. The van der Waals surface area contributed by atoms with E-state index in [4.69, 9.17) is 14.2 Å². The Balaban J connectivity index is 1.15. The van der Waals surface area contributed by atoms with Crippen LogP contribution in [-0.2, 0) is 28.7 Å². The second-order valence-corrected chi connectivity index (χ2v) is 15.1. The van der Waals surface area contributed by atoms with Gasteiger partial charge in [0.25, 0.3) is 11.8 Å². The molecule has 15 heteroatoms. The Hall–Kier alpha value is -4.95. The molecule has 3 heterocycles. The molecule has 5 amide bonds. The number of nitrogens with zero attached hydrogens (tertiary/aromatic N) is 4. The summed E-state index contributed by atoms with van der Waals surface area (Å²) in [6, 6.07) is 5.47. The fraction of sp³-hybridized carbons (Fsp3) is 0.625. The van der Waals surface area contributed by atoms with E-state index < -0.39 is 30.1 Å². The van der Waals surface area contributed by atoms with Crippen molar-refractivity contribution >= 4 is 46.6 Å². The summed E-state index contributed by atoms with van der Waals surface area (Å²) in [4.78, 5) is 88.6. The minimum atomic E-state index is -1.08. The van der Waals surface area contributed by atoms with Gasteiger partial charge in [-0.1, -0.05) is 18.9 Å². The summed E-state index contributed by atoms with van der Waals surface area (Å²) >= 11 is 0. The average molecular weight is 763 g/mol. The van der Waals surface area contributed by atoms with E-state index in [-0.39, 0.29) is 87.4 Å². The number of fused-ring (bicyclic) bond motifs is 1. The van der Waals surface area contributed by atoms with Crippen LogP contribution in [0.25, 0.3) is 10.9 Å². The van der Waals surface area contributed by atoms with Gasteiger partial charge < -0.3 is 39.5 Å². The Morgan fingerprint density at radius 2 is 1.62 bits per heavy atom. The number of ether oxygens (including phenoxy) is 3. The molecule has 0 radical (unpaired) electrons. The van der Waals surface area contributed by atoms with Crippen LogP contribution in [0.2, 0.25) is 0 Å². The van der Waals surface area contributed by atoms with Gasteiger partial charge in [-0.2, -0.15) is 0 Å². The molecule has 2 saturated heterocycles. The quantitative estimate of drug-likeness (QED) is 0.271. The number of aryl methyl sites for hydroxylation is 1. The summed E-state index contributed by atoms with van der Waals surface area (Å²) in [5.74, 6) is -1.35. The molecule has 15 nitrogen and oxygen atoms in total. The summed E-state index contributed by atoms with van der Waals surface area (Å²) in [7, 11) is 0. The van der Waals surface area contributed by atoms with Crippen molar-refractivity contribution in [1.82, 2.24) is 30.3 Å². The Labute approximate surface area is 321 Å². The lowest BCUT2D eigenvalue weighted by molar-refractivity contribution is -0.145. The van der Waals surface area contributed by atoms with Gasteiger partial charge in [-0.05, 0) is 88.8 Å². The fourth-order valence-corrected chi connectivity index (χ4v) is 7.71. The predicted molar refractivity (Wildman–Crippen MR) is 201 cm³/mol. The van der Waals surface area contributed by atoms with Gasteiger partial charge >= 0.3 is 12.1 Å². The van der Waals surface area contributed by atoms with Crippen LogP contribution in [0.3, 0.4) is 0 Å². The monoisotopic (exact) mass is 762 g/mol. The van der Waals surface area contributed by atoms with Crippen molar-refractivity contribution in [2.24, 2.45) is 5.92 Å². The number of rotatable bonds is 14. The average Bonchev–Trinajstić information content (AvgIpc) is 3.89. The van der Waals surface area contributed by atoms with E-state index in [9.17, 15) is 28.8 Å². The van der Waals surface area contributed by atoms with E-state index in [1.54, 1.807) is 22.8 Å². The lowest BCUT2D eigenvalue weighted by Crippen LogP contribution is -2.56. The number of piperazine rings is 1. The molecular formula is C40H54N6O9. The first kappa shape index (κ1) is 39.7. The van der Waals surface area contributed by atoms with E-state index >= 15 is 0 Å². The smallest absolute Gasteiger partial charge is 0.409 e. The highest BCUT2D eigenvalue weighted by molar-refractivity contribution is 5.99. The first-order valence-electron chi connectivity index (χ1n) is 19.9. The van der Waals surface area contributed by atoms with Crippen LogP contribution in [0.15, 0.2) is 24.3 Å². The van der Waals surface area contributed by atoms with Crippen molar-refractivity contribution in [3.8, 4) is 5.75 Å². The number of aromatic nitrogens is 1. The zero-order valence-corrected chi connectivity index (χ0v) is 32.0. The van der Waals surface area contributed by atoms with Crippen molar-refractivity contribution < 1.29 is 43.0 Å². The molecule has 2 aliphatic carbocycles. The molecule has 1 aromatic carbocycles. The van der Waals surface area contributed by atoms with Crippen LogP contribution < -0.4 is 15.4 Å². The molecule has 2 saturated carbocycles. The normalized spacial score (nSPS) is 19.5. The number of esters is 1. The van der Waals surface area contributed by atoms with Crippen molar-refractivity contribution in [2.45, 2.75) is 103 Å². The molecule has 1 aromatic heterocycles. The maximum atomic E-state index is 14.0. The number of nitrogens with one attached hydrogen (secondary N) is 2. The first-order chi connectivity index (χ1) is 26.6. The zero-order chi connectivity index (χ0) is 38.9. The molecule has 298 valence electrons. The van der Waals surface area contributed by atoms with E-state index in [2.05, 4.69) is 15.6 Å². The van der Waals surface area contributed by atoms with Gasteiger partial charge in [0.15, 0.2) is 6.61 Å². The van der Waals surface area contributed by atoms with Gasteiger partial charge in [0, 0.05) is 56.6 Å². The minimum Gasteiger partial charge on any atom is -0.483 e. The van der Waals surface area contributed by atoms with Crippen LogP contribution in [0, 0.1) is 12.8 Å². The van der Waals surface area contributed by atoms with Gasteiger partial charge in [-0.3, -0.25) is 24.0 Å². The molecule has 0 bridgehead atoms. The Bertz CT molecular complexity index is 1730. The molecule has 2 atom stereocenters. The van der Waals surface area contributed by atoms with E-state index in [0.29, 0.717) is 36.4 Å². The lowest BCUT2D eigenvalue weighted by Gasteiger charge is -2.36. The predicted octanol–water partition coefficient (Wildman–Crippen LogP) is 3.49. The highest BCUT2D eigenvalue weighted by atomic mass is 16.6. The molecule has 55 heavy (non-hydrogen) atoms. The lowest BCUT2D eigenvalue weighted by atomic mass is 9.93. The standard InChI is InChI=1S/C40H54N6O9/c1-3-53-40(52)45-20-18-44(19-21-45)39(51)30(15-16-36(48)55-24-27-8-4-5-9-27)43-37(49)32-23-34(29-14-13-26(2)22-31(29)42-32)54-25-35(47)46-17-7-12-33(46)38(50)41-28-10-6-11-28/h13-14,22-23,27-28,30,33H,3-12,15-21,24-25H2,1-2H3,(H,41,50)(H,43,49)/t30-,33-/m0/s1. The van der Waals surface area contributed by atoms with Crippen LogP contribution in [0.5, 0.6) is 5.75 Å².